The lowest BCUT2D eigenvalue weighted by molar-refractivity contribution is 0.387. The van der Waals surface area contributed by atoms with Crippen molar-refractivity contribution < 1.29 is 14.6 Å². The third-order valence-corrected chi connectivity index (χ3v) is 3.87. The number of nitrogens with zero attached hydrogens (tertiary/aromatic N) is 1. The Morgan fingerprint density at radius 2 is 1.65 bits per heavy atom. The van der Waals surface area contributed by atoms with E-state index >= 15 is 0 Å². The normalized spacial score (nSPS) is 23.8. The zero-order valence-electron chi connectivity index (χ0n) is 11.2. The van der Waals surface area contributed by atoms with E-state index in [0.717, 1.165) is 42.8 Å². The minimum absolute atomic E-state index is 0.291. The highest BCUT2D eigenvalue weighted by atomic mass is 16.6. The molecule has 0 spiro atoms. The van der Waals surface area contributed by atoms with Crippen LogP contribution in [0, 0.1) is 0 Å². The Balaban J connectivity index is 1.71. The summed E-state index contributed by atoms with van der Waals surface area (Å²) >= 11 is 0. The van der Waals surface area contributed by atoms with Gasteiger partial charge in [-0.3, -0.25) is 0 Å². The van der Waals surface area contributed by atoms with Crippen molar-refractivity contribution in [2.24, 2.45) is 0 Å². The molecule has 4 rings (SSSR count). The third-order valence-electron chi connectivity index (χ3n) is 3.87. The van der Waals surface area contributed by atoms with Gasteiger partial charge in [-0.2, -0.15) is 0 Å². The molecule has 0 saturated carbocycles. The van der Waals surface area contributed by atoms with Crippen LogP contribution in [0.25, 0.3) is 10.8 Å². The molecular formula is C16H17NO3. The number of rotatable bonds is 5. The quantitative estimate of drug-likeness (QED) is 0.847. The highest BCUT2D eigenvalue weighted by Gasteiger charge is 2.31. The van der Waals surface area contributed by atoms with E-state index in [1.165, 1.54) is 0 Å². The van der Waals surface area contributed by atoms with Gasteiger partial charge in [0.25, 0.3) is 0 Å². The minimum Gasteiger partial charge on any atom is -0.505 e. The van der Waals surface area contributed by atoms with E-state index in [9.17, 15) is 5.11 Å². The smallest absolute Gasteiger partial charge is 0.146 e. The van der Waals surface area contributed by atoms with Crippen LogP contribution in [0.1, 0.15) is 0 Å². The lowest BCUT2D eigenvalue weighted by atomic mass is 10.1. The fourth-order valence-electron chi connectivity index (χ4n) is 2.61. The van der Waals surface area contributed by atoms with Crippen molar-refractivity contribution in [2.45, 2.75) is 12.2 Å². The van der Waals surface area contributed by atoms with Crippen LogP contribution in [-0.2, 0) is 9.47 Å². The molecule has 0 bridgehead atoms. The first-order chi connectivity index (χ1) is 9.81. The largest absolute Gasteiger partial charge is 0.505 e. The SMILES string of the molecule is Oc1c(N(CC2CO2)CC2CO2)ccc2ccccc12. The molecule has 2 saturated heterocycles. The van der Waals surface area contributed by atoms with Gasteiger partial charge < -0.3 is 19.5 Å². The molecule has 4 nitrogen and oxygen atoms in total. The van der Waals surface area contributed by atoms with E-state index in [2.05, 4.69) is 11.0 Å². The summed E-state index contributed by atoms with van der Waals surface area (Å²) < 4.78 is 10.7. The summed E-state index contributed by atoms with van der Waals surface area (Å²) in [5.74, 6) is 0.351. The number of hydrogen-bond acceptors (Lipinski definition) is 4. The fourth-order valence-corrected chi connectivity index (χ4v) is 2.61. The molecule has 1 N–H and O–H groups in total. The summed E-state index contributed by atoms with van der Waals surface area (Å²) in [4.78, 5) is 2.18. The molecule has 0 amide bonds. The molecule has 20 heavy (non-hydrogen) atoms. The lowest BCUT2D eigenvalue weighted by Gasteiger charge is -2.24. The van der Waals surface area contributed by atoms with Gasteiger partial charge >= 0.3 is 0 Å². The number of benzene rings is 2. The first kappa shape index (κ1) is 12.0. The fraction of sp³-hybridized carbons (Fsp3) is 0.375. The summed E-state index contributed by atoms with van der Waals surface area (Å²) in [6, 6.07) is 11.9. The van der Waals surface area contributed by atoms with E-state index < -0.39 is 0 Å². The van der Waals surface area contributed by atoms with Crippen molar-refractivity contribution in [1.29, 1.82) is 0 Å². The maximum atomic E-state index is 10.6. The molecule has 2 heterocycles. The number of hydrogen-bond donors (Lipinski definition) is 1. The molecule has 2 atom stereocenters. The maximum Gasteiger partial charge on any atom is 0.146 e. The van der Waals surface area contributed by atoms with Crippen molar-refractivity contribution in [1.82, 2.24) is 0 Å². The van der Waals surface area contributed by atoms with Gasteiger partial charge in [0, 0.05) is 18.5 Å². The molecule has 2 aliphatic rings. The second-order valence-corrected chi connectivity index (χ2v) is 5.47. The highest BCUT2D eigenvalue weighted by molar-refractivity contribution is 5.93. The van der Waals surface area contributed by atoms with Crippen molar-refractivity contribution in [2.75, 3.05) is 31.2 Å². The Morgan fingerprint density at radius 3 is 2.30 bits per heavy atom. The second-order valence-electron chi connectivity index (χ2n) is 5.47. The number of aromatic hydroxyl groups is 1. The van der Waals surface area contributed by atoms with E-state index in [0.29, 0.717) is 18.0 Å². The van der Waals surface area contributed by atoms with Gasteiger partial charge in [0.1, 0.15) is 5.75 Å². The Labute approximate surface area is 117 Å². The van der Waals surface area contributed by atoms with Crippen LogP contribution in [0.15, 0.2) is 36.4 Å². The number of anilines is 1. The van der Waals surface area contributed by atoms with Crippen molar-refractivity contribution >= 4 is 16.5 Å². The molecule has 2 unspecified atom stereocenters. The molecule has 0 aromatic heterocycles. The van der Waals surface area contributed by atoms with Gasteiger partial charge in [0.2, 0.25) is 0 Å². The topological polar surface area (TPSA) is 48.5 Å². The Hall–Kier alpha value is -1.78. The maximum absolute atomic E-state index is 10.6. The average Bonchev–Trinajstić information content (AvgIpc) is 3.35. The van der Waals surface area contributed by atoms with Gasteiger partial charge in [-0.1, -0.05) is 30.3 Å². The monoisotopic (exact) mass is 271 g/mol. The van der Waals surface area contributed by atoms with Crippen LogP contribution in [0.2, 0.25) is 0 Å². The van der Waals surface area contributed by atoms with E-state index in [-0.39, 0.29) is 0 Å². The number of phenols is 1. The van der Waals surface area contributed by atoms with E-state index in [1.807, 2.05) is 30.3 Å². The number of ether oxygens (including phenoxy) is 2. The Kier molecular flexibility index (Phi) is 2.79. The van der Waals surface area contributed by atoms with Gasteiger partial charge in [-0.25, -0.2) is 0 Å². The summed E-state index contributed by atoms with van der Waals surface area (Å²) in [7, 11) is 0. The van der Waals surface area contributed by atoms with Crippen LogP contribution in [0.5, 0.6) is 5.75 Å². The summed E-state index contributed by atoms with van der Waals surface area (Å²) in [6.07, 6.45) is 0.583. The lowest BCUT2D eigenvalue weighted by Crippen LogP contribution is -2.31. The molecule has 2 aromatic rings. The number of epoxide rings is 2. The van der Waals surface area contributed by atoms with Gasteiger partial charge in [-0.05, 0) is 11.5 Å². The Morgan fingerprint density at radius 1 is 1.00 bits per heavy atom. The zero-order valence-corrected chi connectivity index (χ0v) is 11.2. The van der Waals surface area contributed by atoms with Crippen molar-refractivity contribution in [3.8, 4) is 5.75 Å². The van der Waals surface area contributed by atoms with Gasteiger partial charge in [0.15, 0.2) is 0 Å². The Bertz CT molecular complexity index is 621. The van der Waals surface area contributed by atoms with Crippen LogP contribution < -0.4 is 4.90 Å². The van der Waals surface area contributed by atoms with Crippen molar-refractivity contribution in [3.05, 3.63) is 36.4 Å². The molecule has 2 aliphatic heterocycles. The van der Waals surface area contributed by atoms with Crippen LogP contribution in [0.4, 0.5) is 5.69 Å². The second kappa shape index (κ2) is 4.65. The van der Waals surface area contributed by atoms with E-state index in [4.69, 9.17) is 9.47 Å². The molecule has 0 aliphatic carbocycles. The molecular weight excluding hydrogens is 254 g/mol. The minimum atomic E-state index is 0.291. The number of phenolic OH excluding ortho intramolecular Hbond substituents is 1. The van der Waals surface area contributed by atoms with Crippen LogP contribution in [-0.4, -0.2) is 43.6 Å². The number of fused-ring (bicyclic) bond motifs is 1. The van der Waals surface area contributed by atoms with Crippen LogP contribution >= 0.6 is 0 Å². The molecule has 104 valence electrons. The predicted octanol–water partition coefficient (Wildman–Crippen LogP) is 2.15. The van der Waals surface area contributed by atoms with E-state index in [1.54, 1.807) is 0 Å². The van der Waals surface area contributed by atoms with Crippen LogP contribution in [0.3, 0.4) is 0 Å². The van der Waals surface area contributed by atoms with Gasteiger partial charge in [0.05, 0.1) is 31.1 Å². The first-order valence-corrected chi connectivity index (χ1v) is 7.00. The zero-order chi connectivity index (χ0) is 13.5. The first-order valence-electron chi connectivity index (χ1n) is 7.00. The molecule has 2 aromatic carbocycles. The van der Waals surface area contributed by atoms with Crippen molar-refractivity contribution in [3.63, 3.8) is 0 Å². The van der Waals surface area contributed by atoms with Gasteiger partial charge in [-0.15, -0.1) is 0 Å². The third kappa shape index (κ3) is 2.32. The summed E-state index contributed by atoms with van der Waals surface area (Å²) in [6.45, 7) is 3.25. The average molecular weight is 271 g/mol. The molecule has 2 fully saturated rings. The molecule has 4 heteroatoms. The standard InChI is InChI=1S/C16H17NO3/c18-16-14-4-2-1-3-11(14)5-6-15(16)17(7-12-9-19-12)8-13-10-20-13/h1-6,12-13,18H,7-10H2. The molecule has 0 radical (unpaired) electrons. The predicted molar refractivity (Wildman–Crippen MR) is 77.3 cm³/mol. The highest BCUT2D eigenvalue weighted by Crippen LogP contribution is 2.36. The summed E-state index contributed by atoms with van der Waals surface area (Å²) in [5.41, 5.74) is 0.870. The summed E-state index contributed by atoms with van der Waals surface area (Å²) in [5, 5.41) is 12.5.